The standard InChI is InChI=1S/C18H19N3O2/c1-10-12-9-23-18(2,3)8-11(12)15-16(19-10)20-13-6-4-5-7-14(13)21-17(15)22/h4-7H,8-9H2,1-3H3,(H,19,20)(H,21,22). The number of pyridine rings is 1. The van der Waals surface area contributed by atoms with E-state index in [4.69, 9.17) is 4.74 Å². The number of aryl methyl sites for hydroxylation is 1. The molecule has 0 atom stereocenters. The van der Waals surface area contributed by atoms with Crippen LogP contribution >= 0.6 is 0 Å². The Bertz CT molecular complexity index is 827. The molecule has 0 spiro atoms. The summed E-state index contributed by atoms with van der Waals surface area (Å²) in [6.07, 6.45) is 0.694. The first kappa shape index (κ1) is 14.2. The first-order valence-electron chi connectivity index (χ1n) is 7.78. The summed E-state index contributed by atoms with van der Waals surface area (Å²) >= 11 is 0. The van der Waals surface area contributed by atoms with Gasteiger partial charge < -0.3 is 15.4 Å². The number of para-hydroxylation sites is 2. The molecule has 0 unspecified atom stereocenters. The number of ether oxygens (including phenoxy) is 1. The zero-order valence-corrected chi connectivity index (χ0v) is 13.5. The number of fused-ring (bicyclic) bond motifs is 4. The monoisotopic (exact) mass is 309 g/mol. The average Bonchev–Trinajstić information content (AvgIpc) is 2.61. The third kappa shape index (κ3) is 2.28. The van der Waals surface area contributed by atoms with Gasteiger partial charge in [-0.2, -0.15) is 0 Å². The van der Waals surface area contributed by atoms with E-state index in [1.807, 2.05) is 31.2 Å². The van der Waals surface area contributed by atoms with E-state index in [0.717, 1.165) is 28.2 Å². The highest BCUT2D eigenvalue weighted by atomic mass is 16.5. The second kappa shape index (κ2) is 4.80. The molecule has 118 valence electrons. The normalized spacial score (nSPS) is 18.0. The van der Waals surface area contributed by atoms with Crippen molar-refractivity contribution in [3.63, 3.8) is 0 Å². The Morgan fingerprint density at radius 2 is 1.83 bits per heavy atom. The topological polar surface area (TPSA) is 63.2 Å². The molecule has 2 aliphatic rings. The smallest absolute Gasteiger partial charge is 0.259 e. The highest BCUT2D eigenvalue weighted by Gasteiger charge is 2.34. The summed E-state index contributed by atoms with van der Waals surface area (Å²) in [5.41, 5.74) is 4.97. The number of nitrogens with one attached hydrogen (secondary N) is 2. The van der Waals surface area contributed by atoms with Gasteiger partial charge in [-0.3, -0.25) is 4.79 Å². The molecule has 1 amide bonds. The molecule has 23 heavy (non-hydrogen) atoms. The van der Waals surface area contributed by atoms with Crippen LogP contribution < -0.4 is 10.6 Å². The molecule has 2 aliphatic heterocycles. The molecule has 0 bridgehead atoms. The van der Waals surface area contributed by atoms with Crippen molar-refractivity contribution in [1.82, 2.24) is 4.98 Å². The Morgan fingerprint density at radius 3 is 2.57 bits per heavy atom. The van der Waals surface area contributed by atoms with E-state index in [9.17, 15) is 4.79 Å². The molecule has 3 heterocycles. The first-order chi connectivity index (χ1) is 10.9. The zero-order valence-electron chi connectivity index (χ0n) is 13.5. The third-order valence-electron chi connectivity index (χ3n) is 4.48. The van der Waals surface area contributed by atoms with Crippen molar-refractivity contribution >= 4 is 23.1 Å². The second-order valence-corrected chi connectivity index (χ2v) is 6.73. The van der Waals surface area contributed by atoms with Crippen LogP contribution in [0.3, 0.4) is 0 Å². The number of nitrogens with zero attached hydrogens (tertiary/aromatic N) is 1. The molecule has 4 rings (SSSR count). The summed E-state index contributed by atoms with van der Waals surface area (Å²) in [5.74, 6) is 0.514. The molecule has 2 aromatic rings. The first-order valence-corrected chi connectivity index (χ1v) is 7.78. The Balaban J connectivity index is 1.93. The maximum atomic E-state index is 12.8. The lowest BCUT2D eigenvalue weighted by atomic mass is 9.87. The van der Waals surface area contributed by atoms with Gasteiger partial charge in [-0.05, 0) is 38.5 Å². The predicted molar refractivity (Wildman–Crippen MR) is 89.2 cm³/mol. The molecule has 0 radical (unpaired) electrons. The SMILES string of the molecule is Cc1nc2c(c3c1COC(C)(C)C3)C(=O)Nc1ccccc1N2. The van der Waals surface area contributed by atoms with E-state index in [1.165, 1.54) is 0 Å². The lowest BCUT2D eigenvalue weighted by molar-refractivity contribution is -0.0406. The fourth-order valence-corrected chi connectivity index (χ4v) is 3.28. The van der Waals surface area contributed by atoms with Crippen LogP contribution in [0.5, 0.6) is 0 Å². The van der Waals surface area contributed by atoms with Gasteiger partial charge in [-0.1, -0.05) is 12.1 Å². The van der Waals surface area contributed by atoms with Crippen molar-refractivity contribution in [2.24, 2.45) is 0 Å². The van der Waals surface area contributed by atoms with E-state index in [-0.39, 0.29) is 11.5 Å². The number of carbonyl (C=O) groups is 1. The van der Waals surface area contributed by atoms with Gasteiger partial charge in [-0.25, -0.2) is 4.98 Å². The van der Waals surface area contributed by atoms with Crippen LogP contribution in [0.4, 0.5) is 17.2 Å². The lowest BCUT2D eigenvalue weighted by Crippen LogP contribution is -2.34. The Morgan fingerprint density at radius 1 is 1.13 bits per heavy atom. The van der Waals surface area contributed by atoms with Crippen LogP contribution in [0, 0.1) is 6.92 Å². The quantitative estimate of drug-likeness (QED) is 0.781. The maximum absolute atomic E-state index is 12.8. The van der Waals surface area contributed by atoms with Crippen LogP contribution in [-0.4, -0.2) is 16.5 Å². The van der Waals surface area contributed by atoms with Crippen molar-refractivity contribution in [2.75, 3.05) is 10.6 Å². The Labute approximate surface area is 135 Å². The summed E-state index contributed by atoms with van der Waals surface area (Å²) < 4.78 is 5.90. The number of benzene rings is 1. The molecule has 0 saturated heterocycles. The van der Waals surface area contributed by atoms with Crippen LogP contribution in [-0.2, 0) is 17.8 Å². The van der Waals surface area contributed by atoms with Crippen molar-refractivity contribution in [3.8, 4) is 0 Å². The molecular formula is C18H19N3O2. The van der Waals surface area contributed by atoms with Gasteiger partial charge in [-0.15, -0.1) is 0 Å². The van der Waals surface area contributed by atoms with E-state index >= 15 is 0 Å². The minimum atomic E-state index is -0.284. The molecule has 0 aliphatic carbocycles. The fraction of sp³-hybridized carbons (Fsp3) is 0.333. The summed E-state index contributed by atoms with van der Waals surface area (Å²) in [7, 11) is 0. The molecule has 0 fully saturated rings. The van der Waals surface area contributed by atoms with Crippen LogP contribution in [0.25, 0.3) is 0 Å². The Kier molecular flexibility index (Phi) is 2.96. The van der Waals surface area contributed by atoms with Crippen LogP contribution in [0.1, 0.15) is 41.0 Å². The maximum Gasteiger partial charge on any atom is 0.259 e. The second-order valence-electron chi connectivity index (χ2n) is 6.73. The minimum Gasteiger partial charge on any atom is -0.370 e. The number of rotatable bonds is 0. The van der Waals surface area contributed by atoms with Crippen LogP contribution in [0.2, 0.25) is 0 Å². The van der Waals surface area contributed by atoms with Gasteiger partial charge in [0, 0.05) is 17.7 Å². The molecule has 5 nitrogen and oxygen atoms in total. The van der Waals surface area contributed by atoms with Gasteiger partial charge in [0.05, 0.1) is 29.1 Å². The lowest BCUT2D eigenvalue weighted by Gasteiger charge is -2.33. The average molecular weight is 309 g/mol. The molecule has 5 heteroatoms. The minimum absolute atomic E-state index is 0.112. The third-order valence-corrected chi connectivity index (χ3v) is 4.48. The highest BCUT2D eigenvalue weighted by molar-refractivity contribution is 6.12. The predicted octanol–water partition coefficient (Wildman–Crippen LogP) is 3.55. The zero-order chi connectivity index (χ0) is 16.2. The summed E-state index contributed by atoms with van der Waals surface area (Å²) in [4.78, 5) is 17.5. The van der Waals surface area contributed by atoms with Gasteiger partial charge >= 0.3 is 0 Å². The van der Waals surface area contributed by atoms with Crippen molar-refractivity contribution < 1.29 is 9.53 Å². The Hall–Kier alpha value is -2.40. The van der Waals surface area contributed by atoms with Gasteiger partial charge in [0.25, 0.3) is 5.91 Å². The summed E-state index contributed by atoms with van der Waals surface area (Å²) in [6, 6.07) is 7.67. The number of carbonyl (C=O) groups excluding carboxylic acids is 1. The van der Waals surface area contributed by atoms with Crippen molar-refractivity contribution in [2.45, 2.75) is 39.4 Å². The molecule has 0 saturated carbocycles. The number of anilines is 3. The number of hydrogen-bond donors (Lipinski definition) is 2. The fourth-order valence-electron chi connectivity index (χ4n) is 3.28. The summed E-state index contributed by atoms with van der Waals surface area (Å²) in [6.45, 7) is 6.57. The van der Waals surface area contributed by atoms with Crippen LogP contribution in [0.15, 0.2) is 24.3 Å². The molecule has 1 aromatic heterocycles. The largest absolute Gasteiger partial charge is 0.370 e. The van der Waals surface area contributed by atoms with Crippen molar-refractivity contribution in [3.05, 3.63) is 46.6 Å². The number of aromatic nitrogens is 1. The van der Waals surface area contributed by atoms with E-state index < -0.39 is 0 Å². The number of hydrogen-bond acceptors (Lipinski definition) is 4. The van der Waals surface area contributed by atoms with Gasteiger partial charge in [0.1, 0.15) is 5.82 Å². The van der Waals surface area contributed by atoms with Gasteiger partial charge in [0.2, 0.25) is 0 Å². The molecule has 2 N–H and O–H groups in total. The number of amides is 1. The van der Waals surface area contributed by atoms with Gasteiger partial charge in [0.15, 0.2) is 0 Å². The van der Waals surface area contributed by atoms with E-state index in [1.54, 1.807) is 0 Å². The summed E-state index contributed by atoms with van der Waals surface area (Å²) in [5, 5.41) is 6.31. The molecular weight excluding hydrogens is 290 g/mol. The van der Waals surface area contributed by atoms with E-state index in [0.29, 0.717) is 24.4 Å². The molecule has 1 aromatic carbocycles. The van der Waals surface area contributed by atoms with Crippen molar-refractivity contribution in [1.29, 1.82) is 0 Å². The highest BCUT2D eigenvalue weighted by Crippen LogP contribution is 2.38. The van der Waals surface area contributed by atoms with E-state index in [2.05, 4.69) is 29.5 Å².